The Morgan fingerprint density at radius 1 is 1.31 bits per heavy atom. The summed E-state index contributed by atoms with van der Waals surface area (Å²) in [7, 11) is 0. The van der Waals surface area contributed by atoms with Crippen molar-refractivity contribution in [2.45, 2.75) is 37.8 Å². The molecule has 0 amide bonds. The van der Waals surface area contributed by atoms with E-state index in [2.05, 4.69) is 19.0 Å². The second-order valence-electron chi connectivity index (χ2n) is 4.60. The quantitative estimate of drug-likeness (QED) is 0.883. The summed E-state index contributed by atoms with van der Waals surface area (Å²) in [5.74, 6) is 0.767. The van der Waals surface area contributed by atoms with E-state index >= 15 is 0 Å². The van der Waals surface area contributed by atoms with E-state index in [0.29, 0.717) is 11.2 Å². The molecule has 2 atom stereocenters. The predicted octanol–water partition coefficient (Wildman–Crippen LogP) is 2.23. The summed E-state index contributed by atoms with van der Waals surface area (Å²) in [5.41, 5.74) is 0. The minimum atomic E-state index is 0.513. The smallest absolute Gasteiger partial charge is 0.186 e. The molecule has 3 heterocycles. The summed E-state index contributed by atoms with van der Waals surface area (Å²) in [6.45, 7) is 2.49. The molecule has 3 rings (SSSR count). The second kappa shape index (κ2) is 4.47. The molecule has 0 aromatic carbocycles. The number of anilines is 1. The van der Waals surface area contributed by atoms with Gasteiger partial charge in [-0.1, -0.05) is 11.6 Å². The highest BCUT2D eigenvalue weighted by Gasteiger charge is 2.31. The van der Waals surface area contributed by atoms with Gasteiger partial charge in [-0.2, -0.15) is 8.75 Å². The Kier molecular flexibility index (Phi) is 3.00. The molecular formula is C10H15ClN4S. The molecule has 0 spiro atoms. The van der Waals surface area contributed by atoms with Crippen molar-refractivity contribution in [1.82, 2.24) is 13.6 Å². The number of fused-ring (bicyclic) bond motifs is 1. The summed E-state index contributed by atoms with van der Waals surface area (Å²) in [4.78, 5) is 2.61. The molecule has 4 nitrogen and oxygen atoms in total. The molecule has 0 aliphatic carbocycles. The first-order chi connectivity index (χ1) is 7.83. The van der Waals surface area contributed by atoms with E-state index in [-0.39, 0.29) is 0 Å². The minimum absolute atomic E-state index is 0.513. The molecule has 0 radical (unpaired) electrons. The van der Waals surface area contributed by atoms with E-state index in [1.807, 2.05) is 0 Å². The Balaban J connectivity index is 1.62. The van der Waals surface area contributed by atoms with Crippen LogP contribution in [0, 0.1) is 0 Å². The first-order valence-corrected chi connectivity index (χ1v) is 6.92. The van der Waals surface area contributed by atoms with Crippen molar-refractivity contribution in [3.63, 3.8) is 0 Å². The van der Waals surface area contributed by atoms with Crippen LogP contribution in [0.15, 0.2) is 0 Å². The van der Waals surface area contributed by atoms with Crippen LogP contribution >= 0.6 is 23.3 Å². The van der Waals surface area contributed by atoms with Crippen molar-refractivity contribution in [3.05, 3.63) is 5.15 Å². The lowest BCUT2D eigenvalue weighted by molar-refractivity contribution is 0.188. The molecule has 88 valence electrons. The maximum atomic E-state index is 5.93. The van der Waals surface area contributed by atoms with E-state index in [0.717, 1.165) is 11.9 Å². The molecule has 2 unspecified atom stereocenters. The van der Waals surface area contributed by atoms with Crippen LogP contribution in [0.5, 0.6) is 0 Å². The largest absolute Gasteiger partial charge is 0.364 e. The van der Waals surface area contributed by atoms with Gasteiger partial charge in [0.1, 0.15) is 0 Å². The zero-order chi connectivity index (χ0) is 11.0. The number of piperidine rings is 1. The number of hydrogen-bond donors (Lipinski definition) is 1. The Bertz CT molecular complexity index is 369. The Labute approximate surface area is 104 Å². The summed E-state index contributed by atoms with van der Waals surface area (Å²) in [5, 5.41) is 3.93. The number of halogens is 1. The molecule has 0 bridgehead atoms. The van der Waals surface area contributed by atoms with E-state index < -0.39 is 0 Å². The van der Waals surface area contributed by atoms with Gasteiger partial charge in [-0.25, -0.2) is 0 Å². The van der Waals surface area contributed by atoms with Crippen molar-refractivity contribution in [3.8, 4) is 0 Å². The molecule has 1 aromatic rings. The fourth-order valence-corrected chi connectivity index (χ4v) is 3.47. The average Bonchev–Trinajstić information content (AvgIpc) is 2.88. The van der Waals surface area contributed by atoms with Gasteiger partial charge in [0, 0.05) is 18.6 Å². The van der Waals surface area contributed by atoms with E-state index in [1.165, 1.54) is 50.5 Å². The van der Waals surface area contributed by atoms with Gasteiger partial charge in [-0.05, 0) is 32.2 Å². The van der Waals surface area contributed by atoms with Gasteiger partial charge in [-0.15, -0.1) is 0 Å². The number of aromatic nitrogens is 2. The number of hydrogen-bond acceptors (Lipinski definition) is 5. The molecule has 2 saturated heterocycles. The monoisotopic (exact) mass is 258 g/mol. The van der Waals surface area contributed by atoms with E-state index in [9.17, 15) is 0 Å². The van der Waals surface area contributed by atoms with E-state index in [1.54, 1.807) is 0 Å². The Morgan fingerprint density at radius 3 is 3.06 bits per heavy atom. The normalized spacial score (nSPS) is 30.3. The van der Waals surface area contributed by atoms with Gasteiger partial charge in [0.25, 0.3) is 0 Å². The van der Waals surface area contributed by atoms with Crippen molar-refractivity contribution < 1.29 is 0 Å². The van der Waals surface area contributed by atoms with Crippen LogP contribution in [-0.4, -0.2) is 38.8 Å². The van der Waals surface area contributed by atoms with Crippen LogP contribution in [-0.2, 0) is 0 Å². The van der Waals surface area contributed by atoms with Crippen LogP contribution in [0.4, 0.5) is 5.82 Å². The molecule has 0 saturated carbocycles. The van der Waals surface area contributed by atoms with E-state index in [4.69, 9.17) is 11.6 Å². The number of rotatable bonds is 2. The minimum Gasteiger partial charge on any atom is -0.364 e. The van der Waals surface area contributed by atoms with Crippen molar-refractivity contribution in [2.75, 3.05) is 18.4 Å². The lowest BCUT2D eigenvalue weighted by Crippen LogP contribution is -2.42. The maximum Gasteiger partial charge on any atom is 0.186 e. The topological polar surface area (TPSA) is 41.1 Å². The number of nitrogens with zero attached hydrogens (tertiary/aromatic N) is 3. The summed E-state index contributed by atoms with van der Waals surface area (Å²) >= 11 is 7.10. The lowest BCUT2D eigenvalue weighted by Gasteiger charge is -2.35. The molecule has 16 heavy (non-hydrogen) atoms. The third-order valence-corrected chi connectivity index (χ3v) is 4.50. The molecular weight excluding hydrogens is 244 g/mol. The molecule has 2 fully saturated rings. The SMILES string of the molecule is Clc1nsnc1NC1CCN2CCCC2C1. The maximum absolute atomic E-state index is 5.93. The lowest BCUT2D eigenvalue weighted by atomic mass is 9.98. The van der Waals surface area contributed by atoms with Crippen LogP contribution in [0.1, 0.15) is 25.7 Å². The molecule has 2 aliphatic heterocycles. The summed E-state index contributed by atoms with van der Waals surface area (Å²) < 4.78 is 8.14. The first-order valence-electron chi connectivity index (χ1n) is 5.81. The van der Waals surface area contributed by atoms with Gasteiger partial charge in [0.15, 0.2) is 11.0 Å². The fourth-order valence-electron chi connectivity index (χ4n) is 2.81. The van der Waals surface area contributed by atoms with Crippen LogP contribution in [0.25, 0.3) is 0 Å². The number of nitrogens with one attached hydrogen (secondary N) is 1. The standard InChI is InChI=1S/C10H15ClN4S/c11-9-10(14-16-13-9)12-7-3-5-15-4-1-2-8(15)6-7/h7-8H,1-6H2,(H,12,14). The van der Waals surface area contributed by atoms with Crippen LogP contribution in [0.2, 0.25) is 5.15 Å². The van der Waals surface area contributed by atoms with Gasteiger partial charge >= 0.3 is 0 Å². The fraction of sp³-hybridized carbons (Fsp3) is 0.800. The zero-order valence-electron chi connectivity index (χ0n) is 9.03. The van der Waals surface area contributed by atoms with Crippen molar-refractivity contribution >= 4 is 29.1 Å². The second-order valence-corrected chi connectivity index (χ2v) is 5.49. The van der Waals surface area contributed by atoms with Gasteiger partial charge < -0.3 is 10.2 Å². The predicted molar refractivity (Wildman–Crippen MR) is 66.2 cm³/mol. The zero-order valence-corrected chi connectivity index (χ0v) is 10.6. The summed E-state index contributed by atoms with van der Waals surface area (Å²) in [6, 6.07) is 1.29. The van der Waals surface area contributed by atoms with Gasteiger partial charge in [0.05, 0.1) is 11.7 Å². The summed E-state index contributed by atoms with van der Waals surface area (Å²) in [6.07, 6.45) is 5.11. The molecule has 1 N–H and O–H groups in total. The third-order valence-electron chi connectivity index (χ3n) is 3.61. The highest BCUT2D eigenvalue weighted by Crippen LogP contribution is 2.29. The first kappa shape index (κ1) is 10.7. The van der Waals surface area contributed by atoms with Crippen molar-refractivity contribution in [1.29, 1.82) is 0 Å². The highest BCUT2D eigenvalue weighted by molar-refractivity contribution is 6.99. The van der Waals surface area contributed by atoms with Gasteiger partial charge in [0.2, 0.25) is 0 Å². The van der Waals surface area contributed by atoms with Gasteiger partial charge in [-0.3, -0.25) is 0 Å². The van der Waals surface area contributed by atoms with Crippen LogP contribution in [0.3, 0.4) is 0 Å². The highest BCUT2D eigenvalue weighted by atomic mass is 35.5. The Hall–Kier alpha value is -0.390. The average molecular weight is 259 g/mol. The van der Waals surface area contributed by atoms with Crippen molar-refractivity contribution in [2.24, 2.45) is 0 Å². The Morgan fingerprint density at radius 2 is 2.25 bits per heavy atom. The third kappa shape index (κ3) is 2.04. The molecule has 6 heteroatoms. The van der Waals surface area contributed by atoms with Crippen LogP contribution < -0.4 is 5.32 Å². The molecule has 1 aromatic heterocycles. The molecule has 2 aliphatic rings.